The number of azo groups is 4. The van der Waals surface area contributed by atoms with Gasteiger partial charge in [0.1, 0.15) is 29.4 Å². The Labute approximate surface area is 459 Å². The van der Waals surface area contributed by atoms with E-state index in [0.29, 0.717) is 56.5 Å². The second-order valence-electron chi connectivity index (χ2n) is 15.8. The predicted octanol–water partition coefficient (Wildman–Crippen LogP) is 11.8. The topological polar surface area (TPSA) is 438 Å². The predicted molar refractivity (Wildman–Crippen MR) is 283 cm³/mol. The number of hydrogen-bond acceptors (Lipinski definition) is 29. The molecule has 0 aliphatic carbocycles. The number of aryl methyl sites for hydroxylation is 2. The number of nitrogens with one attached hydrogen (secondary N) is 3. The lowest BCUT2D eigenvalue weighted by molar-refractivity contribution is -0.432. The Hall–Kier alpha value is -8.69. The molecule has 0 spiro atoms. The Balaban J connectivity index is 1.09. The molecule has 1 heterocycles. The first-order chi connectivity index (χ1) is 38.2. The third-order valence-electron chi connectivity index (χ3n) is 10.00. The van der Waals surface area contributed by atoms with E-state index in [1.165, 1.54) is 42.5 Å². The highest BCUT2D eigenvalue weighted by atomic mass is 32.2. The molecule has 0 amide bonds. The summed E-state index contributed by atoms with van der Waals surface area (Å²) in [5.74, 6) is -3.17. The first-order valence-corrected chi connectivity index (χ1v) is 26.4. The standard InChI is InChI=1S/C45H39N15O16S4/c1-25-19-29(7-15-35(25)55-57-37-17-9-31(21-39(37)78-76-74-66)53-52-28-5-13-34(14-6-28)79(67,68)69)46-43-48-44(50-45(49-43)59-60(23-41(61)62)24-42(63)64)47-30-8-16-36(26(2)20-30)56-58-38-18-10-32(22-40(38)80(70,71)72)54-51-27-3-11-33(12-4-27)77-75-73-65/h3-22,65-66H,23-24H2,1-2H3,(H,61,62)(H,63,64)(H,67,68,69)(H,70,71,72)(H3,46,47,48,49,50,59). The first-order valence-electron chi connectivity index (χ1n) is 22.1. The summed E-state index contributed by atoms with van der Waals surface area (Å²) in [6, 6.07) is 29.3. The van der Waals surface area contributed by atoms with Crippen LogP contribution in [0.2, 0.25) is 0 Å². The fourth-order valence-electron chi connectivity index (χ4n) is 6.46. The van der Waals surface area contributed by atoms with Gasteiger partial charge in [0.15, 0.2) is 0 Å². The van der Waals surface area contributed by atoms with E-state index in [9.17, 15) is 45.7 Å². The normalized spacial score (nSPS) is 12.1. The van der Waals surface area contributed by atoms with E-state index in [2.05, 4.69) is 90.7 Å². The van der Waals surface area contributed by atoms with Crippen molar-refractivity contribution in [2.45, 2.75) is 33.4 Å². The highest BCUT2D eigenvalue weighted by Gasteiger charge is 2.19. The zero-order valence-electron chi connectivity index (χ0n) is 40.7. The van der Waals surface area contributed by atoms with Crippen molar-refractivity contribution >= 4 is 131 Å². The van der Waals surface area contributed by atoms with Crippen LogP contribution in [-0.4, -0.2) is 91.7 Å². The number of rotatable bonds is 26. The molecule has 414 valence electrons. The molecule has 0 aliphatic heterocycles. The number of hydrogen-bond donors (Lipinski definition) is 9. The van der Waals surface area contributed by atoms with Crippen LogP contribution in [0.15, 0.2) is 182 Å². The molecule has 0 unspecified atom stereocenters. The van der Waals surface area contributed by atoms with Crippen molar-refractivity contribution in [3.8, 4) is 0 Å². The number of hydrazine groups is 1. The lowest BCUT2D eigenvalue weighted by Crippen LogP contribution is -2.39. The maximum atomic E-state index is 12.4. The summed E-state index contributed by atoms with van der Waals surface area (Å²) in [7, 11) is -9.23. The van der Waals surface area contributed by atoms with Gasteiger partial charge in [-0.1, -0.05) is 10.1 Å². The lowest BCUT2D eigenvalue weighted by atomic mass is 10.2. The maximum absolute atomic E-state index is 12.4. The van der Waals surface area contributed by atoms with Crippen molar-refractivity contribution < 1.29 is 75.0 Å². The fourth-order valence-corrected chi connectivity index (χ4v) is 8.41. The molecule has 0 atom stereocenters. The average molecular weight is 1170 g/mol. The molecular weight excluding hydrogens is 1130 g/mol. The van der Waals surface area contributed by atoms with E-state index in [4.69, 9.17) is 10.5 Å². The minimum atomic E-state index is -4.83. The van der Waals surface area contributed by atoms with E-state index in [1.807, 2.05) is 0 Å². The molecule has 0 radical (unpaired) electrons. The molecule has 0 saturated heterocycles. The smallest absolute Gasteiger partial charge is 0.319 e. The minimum absolute atomic E-state index is 0.0635. The molecule has 7 aromatic rings. The summed E-state index contributed by atoms with van der Waals surface area (Å²) < 4.78 is 75.8. The van der Waals surface area contributed by atoms with Gasteiger partial charge in [-0.2, -0.15) is 67.5 Å². The van der Waals surface area contributed by atoms with Crippen molar-refractivity contribution in [1.29, 1.82) is 0 Å². The van der Waals surface area contributed by atoms with Gasteiger partial charge in [0.2, 0.25) is 17.8 Å². The molecule has 35 heteroatoms. The number of anilines is 5. The fraction of sp³-hybridized carbons (Fsp3) is 0.0889. The van der Waals surface area contributed by atoms with Gasteiger partial charge in [-0.15, -0.1) is 18.9 Å². The highest BCUT2D eigenvalue weighted by Crippen LogP contribution is 2.37. The number of carboxylic acids is 2. The van der Waals surface area contributed by atoms with Crippen LogP contribution in [0.25, 0.3) is 0 Å². The SMILES string of the molecule is Cc1cc(Nc2nc(Nc3ccc(N=Nc4ccc(N=Nc5ccc(SOOO)cc5)cc4S(=O)(=O)O)c(C)c3)nc(NN(CC(=O)O)CC(=O)O)n2)ccc1N=Nc1ccc(N=Nc2ccc(S(=O)(=O)O)cc2)cc1SOOO. The maximum Gasteiger partial charge on any atom is 0.319 e. The number of carbonyl (C=O) groups is 2. The van der Waals surface area contributed by atoms with Gasteiger partial charge in [0, 0.05) is 16.3 Å². The highest BCUT2D eigenvalue weighted by molar-refractivity contribution is 7.95. The van der Waals surface area contributed by atoms with Gasteiger partial charge in [-0.25, -0.2) is 10.5 Å². The van der Waals surface area contributed by atoms with Crippen molar-refractivity contribution in [3.63, 3.8) is 0 Å². The van der Waals surface area contributed by atoms with Gasteiger partial charge in [0.05, 0.1) is 68.0 Å². The zero-order valence-corrected chi connectivity index (χ0v) is 44.0. The number of carboxylic acid groups (broad SMARTS) is 2. The molecule has 80 heavy (non-hydrogen) atoms. The van der Waals surface area contributed by atoms with Crippen molar-refractivity contribution in [2.24, 2.45) is 40.9 Å². The molecule has 6 aromatic carbocycles. The monoisotopic (exact) mass is 1170 g/mol. The lowest BCUT2D eigenvalue weighted by Gasteiger charge is -2.20. The van der Waals surface area contributed by atoms with E-state index in [0.717, 1.165) is 35.3 Å². The van der Waals surface area contributed by atoms with Gasteiger partial charge >= 0.3 is 11.9 Å². The van der Waals surface area contributed by atoms with Gasteiger partial charge in [0.25, 0.3) is 20.2 Å². The quantitative estimate of drug-likeness (QED) is 0.00799. The summed E-state index contributed by atoms with van der Waals surface area (Å²) in [5, 5.41) is 83.6. The first kappa shape index (κ1) is 59.0. The Morgan fingerprint density at radius 1 is 0.525 bits per heavy atom. The molecule has 0 saturated carbocycles. The second kappa shape index (κ2) is 27.3. The summed E-state index contributed by atoms with van der Waals surface area (Å²) in [6.07, 6.45) is 0. The van der Waals surface area contributed by atoms with Crippen molar-refractivity contribution in [3.05, 3.63) is 132 Å². The zero-order chi connectivity index (χ0) is 57.4. The van der Waals surface area contributed by atoms with Gasteiger partial charge in [-0.3, -0.25) is 24.1 Å². The van der Waals surface area contributed by atoms with Crippen LogP contribution in [0.3, 0.4) is 0 Å². The van der Waals surface area contributed by atoms with Crippen molar-refractivity contribution in [2.75, 3.05) is 29.1 Å². The number of aromatic nitrogens is 3. The second-order valence-corrected chi connectivity index (χ2v) is 20.1. The van der Waals surface area contributed by atoms with Crippen LogP contribution < -0.4 is 16.1 Å². The number of nitrogens with zero attached hydrogens (tertiary/aromatic N) is 12. The average Bonchev–Trinajstić information content (AvgIpc) is 3.41. The largest absolute Gasteiger partial charge is 0.480 e. The van der Waals surface area contributed by atoms with E-state index >= 15 is 0 Å². The molecule has 0 fully saturated rings. The van der Waals surface area contributed by atoms with Crippen LogP contribution in [0, 0.1) is 13.8 Å². The molecule has 9 N–H and O–H groups in total. The number of aliphatic carboxylic acids is 2. The summed E-state index contributed by atoms with van der Waals surface area (Å²) >= 11 is 1.32. The van der Waals surface area contributed by atoms with E-state index < -0.39 is 50.2 Å². The molecule has 1 aromatic heterocycles. The van der Waals surface area contributed by atoms with E-state index in [1.54, 1.807) is 74.5 Å². The van der Waals surface area contributed by atoms with Crippen molar-refractivity contribution in [1.82, 2.24) is 20.0 Å². The third kappa shape index (κ3) is 17.7. The number of benzene rings is 6. The van der Waals surface area contributed by atoms with Gasteiger partial charge < -0.3 is 20.8 Å². The van der Waals surface area contributed by atoms with Crippen LogP contribution in [0.1, 0.15) is 11.1 Å². The van der Waals surface area contributed by atoms with Crippen LogP contribution >= 0.6 is 24.1 Å². The molecule has 0 bridgehead atoms. The Morgan fingerprint density at radius 3 is 1.46 bits per heavy atom. The minimum Gasteiger partial charge on any atom is -0.480 e. The van der Waals surface area contributed by atoms with Crippen LogP contribution in [-0.2, 0) is 48.6 Å². The molecule has 0 aliphatic rings. The summed E-state index contributed by atoms with van der Waals surface area (Å²) in [4.78, 5) is 36.3. The summed E-state index contributed by atoms with van der Waals surface area (Å²) in [6.45, 7) is 1.88. The van der Waals surface area contributed by atoms with E-state index in [-0.39, 0.29) is 56.1 Å². The van der Waals surface area contributed by atoms with Crippen LogP contribution in [0.5, 0.6) is 0 Å². The van der Waals surface area contributed by atoms with Gasteiger partial charge in [-0.05, 0) is 146 Å². The van der Waals surface area contributed by atoms with Crippen LogP contribution in [0.4, 0.5) is 74.7 Å². The Morgan fingerprint density at radius 2 is 0.963 bits per heavy atom. The third-order valence-corrected chi connectivity index (χ3v) is 13.0. The summed E-state index contributed by atoms with van der Waals surface area (Å²) in [5.41, 5.74) is 6.26. The molecular formula is C45H39N15O16S4. The Bertz CT molecular complexity index is 3740. The molecule has 31 nitrogen and oxygen atoms in total. The Kier molecular flexibility index (Phi) is 20.1. The molecule has 7 rings (SSSR count).